The fraction of sp³-hybridized carbons (Fsp3) is 0. The number of hydrogen-bond donors (Lipinski definition) is 0. The summed E-state index contributed by atoms with van der Waals surface area (Å²) in [5, 5.41) is 15.6. The summed E-state index contributed by atoms with van der Waals surface area (Å²) in [4.78, 5) is 0. The highest BCUT2D eigenvalue weighted by Crippen LogP contribution is 2.46. The van der Waals surface area contributed by atoms with Crippen LogP contribution in [0.5, 0.6) is 0 Å². The van der Waals surface area contributed by atoms with Crippen LogP contribution in [-0.4, -0.2) is 0 Å². The highest BCUT2D eigenvalue weighted by molar-refractivity contribution is 7.26. The van der Waals surface area contributed by atoms with Crippen molar-refractivity contribution in [2.45, 2.75) is 0 Å². The van der Waals surface area contributed by atoms with Gasteiger partial charge in [-0.1, -0.05) is 146 Å². The van der Waals surface area contributed by atoms with E-state index in [1.165, 1.54) is 96.3 Å². The van der Waals surface area contributed by atoms with Gasteiger partial charge < -0.3 is 0 Å². The van der Waals surface area contributed by atoms with Crippen molar-refractivity contribution in [3.63, 3.8) is 0 Å². The highest BCUT2D eigenvalue weighted by atomic mass is 32.1. The summed E-state index contributed by atoms with van der Waals surface area (Å²) in [5.74, 6) is 0. The zero-order valence-corrected chi connectivity index (χ0v) is 25.2. The standard InChI is InChI=1S/C44H26S/c1-3-11-32-27(9-1)17-18-29-25-30(20-22-33(29)32)42-36-13-5-7-15-38(36)43(39-16-8-6-14-37(39)42)31-21-23-35-40-24-19-28-10-2-4-12-34(28)44(40)45-41(35)26-31/h1-26H. The molecule has 0 saturated carbocycles. The number of hydrogen-bond acceptors (Lipinski definition) is 1. The molecule has 0 aliphatic rings. The lowest BCUT2D eigenvalue weighted by atomic mass is 9.85. The molecule has 10 aromatic rings. The molecule has 1 heteroatoms. The van der Waals surface area contributed by atoms with E-state index in [9.17, 15) is 0 Å². The van der Waals surface area contributed by atoms with Crippen molar-refractivity contribution in [3.8, 4) is 22.3 Å². The van der Waals surface area contributed by atoms with Crippen molar-refractivity contribution >= 4 is 85.4 Å². The van der Waals surface area contributed by atoms with Gasteiger partial charge >= 0.3 is 0 Å². The topological polar surface area (TPSA) is 0 Å². The van der Waals surface area contributed by atoms with Gasteiger partial charge in [0.25, 0.3) is 0 Å². The van der Waals surface area contributed by atoms with Gasteiger partial charge in [-0.2, -0.15) is 0 Å². The summed E-state index contributed by atoms with van der Waals surface area (Å²) in [6, 6.07) is 58.5. The van der Waals surface area contributed by atoms with Gasteiger partial charge in [0, 0.05) is 20.2 Å². The van der Waals surface area contributed by atoms with Crippen molar-refractivity contribution in [1.29, 1.82) is 0 Å². The fourth-order valence-electron chi connectivity index (χ4n) is 7.58. The lowest BCUT2D eigenvalue weighted by molar-refractivity contribution is 1.69. The fourth-order valence-corrected chi connectivity index (χ4v) is 8.86. The Morgan fingerprint density at radius 1 is 0.289 bits per heavy atom. The molecule has 208 valence electrons. The van der Waals surface area contributed by atoms with Gasteiger partial charge in [-0.3, -0.25) is 0 Å². The Morgan fingerprint density at radius 2 is 0.733 bits per heavy atom. The number of fused-ring (bicyclic) bond motifs is 10. The molecule has 0 unspecified atom stereocenters. The molecular formula is C44H26S. The van der Waals surface area contributed by atoms with Crippen molar-refractivity contribution in [2.75, 3.05) is 0 Å². The van der Waals surface area contributed by atoms with Crippen LogP contribution in [0.3, 0.4) is 0 Å². The summed E-state index contributed by atoms with van der Waals surface area (Å²) < 4.78 is 2.70. The maximum Gasteiger partial charge on any atom is 0.0433 e. The van der Waals surface area contributed by atoms with Crippen LogP contribution >= 0.6 is 11.3 Å². The summed E-state index contributed by atoms with van der Waals surface area (Å²) in [7, 11) is 0. The second-order valence-corrected chi connectivity index (χ2v) is 13.1. The zero-order valence-electron chi connectivity index (χ0n) is 24.4. The summed E-state index contributed by atoms with van der Waals surface area (Å²) in [5.41, 5.74) is 5.13. The molecule has 0 spiro atoms. The molecule has 0 radical (unpaired) electrons. The molecule has 0 N–H and O–H groups in total. The first-order chi connectivity index (χ1) is 22.3. The number of thiophene rings is 1. The monoisotopic (exact) mass is 586 g/mol. The third kappa shape index (κ3) is 3.65. The van der Waals surface area contributed by atoms with Crippen molar-refractivity contribution in [2.24, 2.45) is 0 Å². The third-order valence-electron chi connectivity index (χ3n) is 9.62. The minimum atomic E-state index is 1.25. The second-order valence-electron chi connectivity index (χ2n) is 12.0. The molecule has 1 heterocycles. The minimum Gasteiger partial charge on any atom is -0.135 e. The molecule has 0 fully saturated rings. The van der Waals surface area contributed by atoms with Gasteiger partial charge in [-0.05, 0) is 88.2 Å². The molecule has 10 rings (SSSR count). The van der Waals surface area contributed by atoms with E-state index in [0.717, 1.165) is 0 Å². The second kappa shape index (κ2) is 9.50. The Labute approximate surface area is 264 Å². The predicted octanol–water partition coefficient (Wildman–Crippen LogP) is 13.2. The minimum absolute atomic E-state index is 1.25. The summed E-state index contributed by atoms with van der Waals surface area (Å²) in [6.07, 6.45) is 0. The molecule has 9 aromatic carbocycles. The van der Waals surface area contributed by atoms with Crippen molar-refractivity contribution in [1.82, 2.24) is 0 Å². The average molecular weight is 587 g/mol. The van der Waals surface area contributed by atoms with Crippen LogP contribution in [0.25, 0.3) is 96.3 Å². The van der Waals surface area contributed by atoms with E-state index >= 15 is 0 Å². The summed E-state index contributed by atoms with van der Waals surface area (Å²) in [6.45, 7) is 0. The molecule has 1 aromatic heterocycles. The van der Waals surface area contributed by atoms with Crippen molar-refractivity contribution in [3.05, 3.63) is 158 Å². The van der Waals surface area contributed by atoms with Crippen LogP contribution < -0.4 is 0 Å². The van der Waals surface area contributed by atoms with E-state index in [-0.39, 0.29) is 0 Å². The molecule has 0 bridgehead atoms. The van der Waals surface area contributed by atoms with Crippen molar-refractivity contribution < 1.29 is 0 Å². The average Bonchev–Trinajstić information content (AvgIpc) is 3.48. The molecule has 0 atom stereocenters. The molecule has 45 heavy (non-hydrogen) atoms. The zero-order chi connectivity index (χ0) is 29.5. The van der Waals surface area contributed by atoms with Crippen LogP contribution in [0.2, 0.25) is 0 Å². The Kier molecular flexibility index (Phi) is 5.25. The number of benzene rings is 9. The Morgan fingerprint density at radius 3 is 1.40 bits per heavy atom. The summed E-state index contributed by atoms with van der Waals surface area (Å²) >= 11 is 1.91. The van der Waals surface area contributed by atoms with E-state index < -0.39 is 0 Å². The van der Waals surface area contributed by atoms with E-state index in [1.807, 2.05) is 11.3 Å². The van der Waals surface area contributed by atoms with Gasteiger partial charge in [0.15, 0.2) is 0 Å². The first kappa shape index (κ1) is 24.9. The molecule has 0 aliphatic heterocycles. The molecule has 0 saturated heterocycles. The molecule has 0 nitrogen and oxygen atoms in total. The first-order valence-electron chi connectivity index (χ1n) is 15.5. The first-order valence-corrected chi connectivity index (χ1v) is 16.3. The van der Waals surface area contributed by atoms with Crippen LogP contribution in [0.1, 0.15) is 0 Å². The van der Waals surface area contributed by atoms with E-state index in [0.29, 0.717) is 0 Å². The quantitative estimate of drug-likeness (QED) is 0.140. The Hall–Kier alpha value is -5.50. The number of rotatable bonds is 2. The molecule has 0 aliphatic carbocycles. The Balaban J connectivity index is 1.25. The maximum absolute atomic E-state index is 2.42. The van der Waals surface area contributed by atoms with Crippen LogP contribution in [0.4, 0.5) is 0 Å². The van der Waals surface area contributed by atoms with Gasteiger partial charge in [-0.15, -0.1) is 11.3 Å². The van der Waals surface area contributed by atoms with Gasteiger partial charge in [0.2, 0.25) is 0 Å². The van der Waals surface area contributed by atoms with Gasteiger partial charge in [0.1, 0.15) is 0 Å². The van der Waals surface area contributed by atoms with Crippen LogP contribution in [0, 0.1) is 0 Å². The smallest absolute Gasteiger partial charge is 0.0433 e. The maximum atomic E-state index is 2.42. The van der Waals surface area contributed by atoms with E-state index in [1.54, 1.807) is 0 Å². The van der Waals surface area contributed by atoms with Crippen LogP contribution in [0.15, 0.2) is 158 Å². The Bertz CT molecular complexity index is 2760. The molecular weight excluding hydrogens is 561 g/mol. The van der Waals surface area contributed by atoms with Gasteiger partial charge in [-0.25, -0.2) is 0 Å². The lowest BCUT2D eigenvalue weighted by Crippen LogP contribution is -1.91. The predicted molar refractivity (Wildman–Crippen MR) is 198 cm³/mol. The largest absolute Gasteiger partial charge is 0.135 e. The van der Waals surface area contributed by atoms with E-state index in [4.69, 9.17) is 0 Å². The normalized spacial score (nSPS) is 12.0. The highest BCUT2D eigenvalue weighted by Gasteiger charge is 2.18. The third-order valence-corrected chi connectivity index (χ3v) is 10.8. The SMILES string of the molecule is c1ccc2c(c1)ccc1cc(-c3c4ccccc4c(-c4ccc5c(c4)sc4c6ccccc6ccc54)c4ccccc34)ccc12. The van der Waals surface area contributed by atoms with Crippen LogP contribution in [-0.2, 0) is 0 Å². The van der Waals surface area contributed by atoms with E-state index in [2.05, 4.69) is 158 Å². The van der Waals surface area contributed by atoms with Gasteiger partial charge in [0.05, 0.1) is 0 Å². The molecule has 0 amide bonds. The lowest BCUT2D eigenvalue weighted by Gasteiger charge is -2.18.